The van der Waals surface area contributed by atoms with Crippen LogP contribution >= 0.6 is 7.82 Å². The highest BCUT2D eigenvalue weighted by Crippen LogP contribution is 2.38. The van der Waals surface area contributed by atoms with Gasteiger partial charge in [0.1, 0.15) is 26.1 Å². The molecule has 57 heteroatoms. The van der Waals surface area contributed by atoms with Crippen LogP contribution in [0.2, 0.25) is 0 Å². The number of ether oxygens (including phenoxy) is 4. The molecule has 0 aromatic rings. The van der Waals surface area contributed by atoms with Crippen LogP contribution in [-0.2, 0) is 258 Å². The molecule has 622 valence electrons. The zero-order chi connectivity index (χ0) is 76.0. The molecule has 2 atom stereocenters. The Kier molecular flexibility index (Phi) is 81.4. The van der Waals surface area contributed by atoms with Crippen molar-refractivity contribution in [2.75, 3.05) is 46.2 Å². The second-order valence-electron chi connectivity index (χ2n) is 19.5. The molecule has 0 aromatic carbocycles. The number of esters is 2. The number of phosphoric ester groups is 1. The zero-order valence-electron chi connectivity index (χ0n) is 56.7. The number of aliphatic carboxylic acids is 1. The molecule has 105 heavy (non-hydrogen) atoms. The van der Waals surface area contributed by atoms with E-state index in [1.54, 1.807) is 0 Å². The van der Waals surface area contributed by atoms with Crippen LogP contribution in [0.1, 0.15) is 219 Å². The molecule has 1 unspecified atom stereocenters. The highest BCUT2D eigenvalue weighted by atomic mass is 31.2. The summed E-state index contributed by atoms with van der Waals surface area (Å²) in [4.78, 5) is 68.7. The lowest BCUT2D eigenvalue weighted by Gasteiger charge is -2.25. The molecule has 2 N–H and O–H groups in total. The Morgan fingerprint density at radius 2 is 0.657 bits per heavy atom. The summed E-state index contributed by atoms with van der Waals surface area (Å²) in [6.07, 6.45) is 34.6. The number of carbonyl (C=O) groups is 4. The Bertz CT molecular complexity index is 1920. The maximum atomic E-state index is 12.8. The quantitative estimate of drug-likeness (QED) is 0.0109. The van der Waals surface area contributed by atoms with E-state index in [4.69, 9.17) is 28.4 Å². The summed E-state index contributed by atoms with van der Waals surface area (Å²) in [6, 6.07) is 0. The minimum Gasteiger partial charge on any atom is -0.756 e. The first-order valence-electron chi connectivity index (χ1n) is 31.9. The molecule has 0 heterocycles. The summed E-state index contributed by atoms with van der Waals surface area (Å²) in [5.41, 5.74) is 0. The largest absolute Gasteiger partial charge is 0.756 e. The molecule has 0 spiro atoms. The molecule has 1 amide bonds. The third-order valence-corrected chi connectivity index (χ3v) is 12.7. The molecule has 0 aliphatic heterocycles. The van der Waals surface area contributed by atoms with E-state index in [1.807, 2.05) is 0 Å². The smallest absolute Gasteiger partial charge is 0.407 e. The molecule has 0 aliphatic carbocycles. The molecule has 0 saturated carbocycles. The van der Waals surface area contributed by atoms with Crippen molar-refractivity contribution in [3.63, 3.8) is 0 Å². The van der Waals surface area contributed by atoms with Gasteiger partial charge in [-0.25, -0.2) is 14.5 Å². The van der Waals surface area contributed by atoms with Crippen molar-refractivity contribution in [1.82, 2.24) is 5.32 Å². The van der Waals surface area contributed by atoms with Crippen molar-refractivity contribution >= 4 is 31.8 Å². The van der Waals surface area contributed by atoms with Gasteiger partial charge in [0.25, 0.3) is 7.82 Å². The third kappa shape index (κ3) is 86.6. The first-order chi connectivity index (χ1) is 51.6. The number of carboxylic acid groups (broad SMARTS) is 1. The molecular weight excluding hydrogens is 1500 g/mol. The minimum atomic E-state index is -5.02. The van der Waals surface area contributed by atoms with Crippen molar-refractivity contribution in [1.29, 1.82) is 0 Å². The van der Waals surface area contributed by atoms with Crippen molar-refractivity contribution < 1.29 is 273 Å². The van der Waals surface area contributed by atoms with Crippen LogP contribution < -0.4 is 10.2 Å². The maximum Gasteiger partial charge on any atom is 0.407 e. The van der Waals surface area contributed by atoms with Crippen molar-refractivity contribution in [3.8, 4) is 0 Å². The van der Waals surface area contributed by atoms with E-state index in [2.05, 4.69) is 235 Å². The molecule has 0 radical (unpaired) electrons. The number of unbranched alkanes of at least 4 members (excludes halogenated alkanes) is 28. The van der Waals surface area contributed by atoms with Gasteiger partial charge in [-0.2, -0.15) is 0 Å². The van der Waals surface area contributed by atoms with Gasteiger partial charge in [0.15, 0.2) is 19.0 Å². The topological polar surface area (TPSA) is 584 Å². The summed E-state index contributed by atoms with van der Waals surface area (Å²) in [5.74, 6) is -2.35. The molecule has 0 aromatic heterocycles. The van der Waals surface area contributed by atoms with E-state index >= 15 is 0 Å². The molecule has 56 nitrogen and oxygen atoms in total. The van der Waals surface area contributed by atoms with Crippen LogP contribution in [0.5, 0.6) is 0 Å². The monoisotopic (exact) mass is 1590 g/mol. The predicted molar refractivity (Wildman–Crippen MR) is 292 cm³/mol. The Morgan fingerprint density at radius 1 is 0.352 bits per heavy atom. The number of alkyl carbamates (subject to hydrolysis) is 1. The number of carboxylic acids is 1. The Labute approximate surface area is 593 Å². The van der Waals surface area contributed by atoms with Crippen molar-refractivity contribution in [2.24, 2.45) is 0 Å². The molecular formula is C48H89NO55P-. The highest BCUT2D eigenvalue weighted by Gasteiger charge is 2.22. The zero-order valence-corrected chi connectivity index (χ0v) is 57.6. The number of rotatable bonds is 90. The standard InChI is InChI=1S/C48H90NO55P/c1-3-5-7-9-11-13-15-17-19-21-23-25-27-29-31-33-46(52)59-41-44(64-47(53)34-32-30-28-26-24-22-20-18-16-14-12-10-8-6-4-2)42-63-105(55,56)62-36-35-49-48(54)58-38-40-61-66-68-70-72-74-76-78-80-82-84-86-88-90-92-94-96-98-100-102-104-103-101-99-97-95-93-91-89-87-85-83-81-79-77-75-73-71-69-67-65-60-39-37-57-43-45(50)51/h37,39,44H,3-36,38,40-43H2,1-2H3,(H,49,54)(H,50,51)(H,55,56)/p-1/b39-37-/t44-/m1/s1. The fourth-order valence-corrected chi connectivity index (χ4v) is 8.08. The number of phosphoric acid groups is 1. The molecule has 0 saturated heterocycles. The third-order valence-electron chi connectivity index (χ3n) is 11.7. The van der Waals surface area contributed by atoms with Crippen LogP contribution in [0.3, 0.4) is 0 Å². The minimum absolute atomic E-state index is 0.0920. The van der Waals surface area contributed by atoms with E-state index < -0.39 is 77.6 Å². The summed E-state index contributed by atoms with van der Waals surface area (Å²) in [7, 11) is -5.02. The summed E-state index contributed by atoms with van der Waals surface area (Å²) < 4.78 is 42.4. The first-order valence-corrected chi connectivity index (χ1v) is 33.3. The van der Waals surface area contributed by atoms with Gasteiger partial charge in [-0.05, 0) is 53.1 Å². The van der Waals surface area contributed by atoms with Gasteiger partial charge in [-0.3, -0.25) is 14.2 Å². The van der Waals surface area contributed by atoms with Crippen LogP contribution in [0.25, 0.3) is 0 Å². The molecule has 0 aliphatic rings. The average Bonchev–Trinajstić information content (AvgIpc) is 1.03. The van der Waals surface area contributed by atoms with E-state index in [-0.39, 0.29) is 19.4 Å². The SMILES string of the molecule is CCCCCCCCCCCCCCCCCC(=O)OC[C@H](COP(=O)([O-])OCCNC(=O)OCCOOOOOOOOOOOOOOOOOOOOOOOOOOOOOOOOOOOOOOOOOO/C=C\OCC(=O)O)OC(=O)CCCCCCCCCCCCCCCCC. The molecule has 0 bridgehead atoms. The Morgan fingerprint density at radius 3 is 0.990 bits per heavy atom. The van der Waals surface area contributed by atoms with Gasteiger partial charge in [0, 0.05) is 181 Å². The number of nitrogens with one attached hydrogen (secondary N) is 1. The predicted octanol–water partition coefficient (Wildman–Crippen LogP) is 8.98. The lowest BCUT2D eigenvalue weighted by Crippen LogP contribution is -2.31. The van der Waals surface area contributed by atoms with Crippen LogP contribution in [-0.4, -0.2) is 81.4 Å². The average molecular weight is 1590 g/mol. The first kappa shape index (κ1) is 100. The lowest BCUT2D eigenvalue weighted by molar-refractivity contribution is -0.909. The van der Waals surface area contributed by atoms with Gasteiger partial charge < -0.3 is 48.2 Å². The van der Waals surface area contributed by atoms with Gasteiger partial charge in [0.05, 0.1) is 13.2 Å². The van der Waals surface area contributed by atoms with Crippen molar-refractivity contribution in [3.05, 3.63) is 12.5 Å². The van der Waals surface area contributed by atoms with Crippen molar-refractivity contribution in [2.45, 2.75) is 225 Å². The fraction of sp³-hybridized carbons (Fsp3) is 0.875. The summed E-state index contributed by atoms with van der Waals surface area (Å²) in [6.45, 7) is 0.826. The van der Waals surface area contributed by atoms with Crippen LogP contribution in [0.4, 0.5) is 4.79 Å². The second kappa shape index (κ2) is 85.1. The van der Waals surface area contributed by atoms with Crippen LogP contribution in [0.15, 0.2) is 12.5 Å². The Balaban J connectivity index is 3.88. The van der Waals surface area contributed by atoms with Gasteiger partial charge in [-0.15, -0.1) is 0 Å². The normalized spacial score (nSPS) is 12.4. The van der Waals surface area contributed by atoms with E-state index in [0.29, 0.717) is 19.1 Å². The fourth-order valence-electron chi connectivity index (χ4n) is 7.35. The Hall–Kier alpha value is -4.51. The van der Waals surface area contributed by atoms with Gasteiger partial charge >= 0.3 is 24.0 Å². The number of hydrogen-bond acceptors (Lipinski definition) is 54. The van der Waals surface area contributed by atoms with E-state index in [9.17, 15) is 28.6 Å². The second-order valence-corrected chi connectivity index (χ2v) is 20.9. The number of carbonyl (C=O) groups excluding carboxylic acids is 3. The highest BCUT2D eigenvalue weighted by molar-refractivity contribution is 7.45. The number of hydrogen-bond donors (Lipinski definition) is 2. The maximum absolute atomic E-state index is 12.8. The molecule has 0 fully saturated rings. The van der Waals surface area contributed by atoms with Gasteiger partial charge in [0.2, 0.25) is 0 Å². The molecule has 0 rings (SSSR count). The van der Waals surface area contributed by atoms with E-state index in [1.165, 1.54) is 128 Å². The summed E-state index contributed by atoms with van der Waals surface area (Å²) >= 11 is 0. The lowest BCUT2D eigenvalue weighted by atomic mass is 10.0. The van der Waals surface area contributed by atoms with E-state index in [0.717, 1.165) is 57.6 Å². The number of amides is 1. The summed E-state index contributed by atoms with van der Waals surface area (Å²) in [5, 5.41) is 155. The van der Waals surface area contributed by atoms with Gasteiger partial charge in [-0.1, -0.05) is 194 Å². The van der Waals surface area contributed by atoms with Crippen LogP contribution in [0, 0.1) is 0 Å².